The summed E-state index contributed by atoms with van der Waals surface area (Å²) in [6.45, 7) is 2.49. The fraction of sp³-hybridized carbons (Fsp3) is 0.316. The zero-order chi connectivity index (χ0) is 16.9. The summed E-state index contributed by atoms with van der Waals surface area (Å²) < 4.78 is 12.9. The largest absolute Gasteiger partial charge is 0.326 e. The number of anilines is 1. The van der Waals surface area contributed by atoms with Crippen molar-refractivity contribution in [2.45, 2.75) is 19.4 Å². The summed E-state index contributed by atoms with van der Waals surface area (Å²) in [5, 5.41) is 3.61. The minimum Gasteiger partial charge on any atom is -0.326 e. The van der Waals surface area contributed by atoms with E-state index < -0.39 is 0 Å². The highest BCUT2D eigenvalue weighted by molar-refractivity contribution is 6.30. The number of hydrogen-bond acceptors (Lipinski definition) is 2. The first-order valence-electron chi connectivity index (χ1n) is 8.13. The minimum atomic E-state index is -0.307. The number of amides is 1. The Labute approximate surface area is 146 Å². The predicted molar refractivity (Wildman–Crippen MR) is 94.5 cm³/mol. The van der Waals surface area contributed by atoms with Gasteiger partial charge in [0, 0.05) is 23.8 Å². The minimum absolute atomic E-state index is 0.00241. The molecule has 5 heteroatoms. The second-order valence-corrected chi connectivity index (χ2v) is 6.64. The SMILES string of the molecule is O=C(Nc1ccc(F)cc1)C1CCCN(Cc2cccc(Cl)c2)C1. The Morgan fingerprint density at radius 2 is 2.04 bits per heavy atom. The van der Waals surface area contributed by atoms with Gasteiger partial charge in [0.15, 0.2) is 0 Å². The fourth-order valence-electron chi connectivity index (χ4n) is 3.08. The molecule has 0 saturated carbocycles. The van der Waals surface area contributed by atoms with E-state index in [1.165, 1.54) is 12.1 Å². The van der Waals surface area contributed by atoms with Crippen LogP contribution in [0.5, 0.6) is 0 Å². The Hall–Kier alpha value is -1.91. The second-order valence-electron chi connectivity index (χ2n) is 6.20. The van der Waals surface area contributed by atoms with Crippen molar-refractivity contribution in [3.8, 4) is 0 Å². The van der Waals surface area contributed by atoms with Gasteiger partial charge in [-0.1, -0.05) is 23.7 Å². The molecule has 1 aliphatic heterocycles. The average Bonchev–Trinajstić information content (AvgIpc) is 2.57. The maximum Gasteiger partial charge on any atom is 0.228 e. The van der Waals surface area contributed by atoms with Crippen molar-refractivity contribution in [1.29, 1.82) is 0 Å². The van der Waals surface area contributed by atoms with Gasteiger partial charge in [-0.25, -0.2) is 4.39 Å². The second kappa shape index (κ2) is 7.77. The van der Waals surface area contributed by atoms with Crippen LogP contribution < -0.4 is 5.32 Å². The number of nitrogens with one attached hydrogen (secondary N) is 1. The molecule has 0 radical (unpaired) electrons. The van der Waals surface area contributed by atoms with Crippen molar-refractivity contribution >= 4 is 23.2 Å². The monoisotopic (exact) mass is 346 g/mol. The Bertz CT molecular complexity index is 705. The normalized spacial score (nSPS) is 18.3. The number of hydrogen-bond donors (Lipinski definition) is 1. The molecule has 24 heavy (non-hydrogen) atoms. The molecule has 3 rings (SSSR count). The molecule has 0 spiro atoms. The molecule has 1 N–H and O–H groups in total. The van der Waals surface area contributed by atoms with E-state index in [1.54, 1.807) is 12.1 Å². The molecule has 1 amide bonds. The van der Waals surface area contributed by atoms with Crippen molar-refractivity contribution < 1.29 is 9.18 Å². The highest BCUT2D eigenvalue weighted by Crippen LogP contribution is 2.21. The predicted octanol–water partition coefficient (Wildman–Crippen LogP) is 4.33. The average molecular weight is 347 g/mol. The number of carbonyl (C=O) groups excluding carboxylic acids is 1. The Balaban J connectivity index is 1.58. The maximum absolute atomic E-state index is 12.9. The first-order valence-corrected chi connectivity index (χ1v) is 8.51. The van der Waals surface area contributed by atoms with Gasteiger partial charge in [-0.2, -0.15) is 0 Å². The van der Waals surface area contributed by atoms with Gasteiger partial charge in [0.25, 0.3) is 0 Å². The number of halogens is 2. The summed E-state index contributed by atoms with van der Waals surface area (Å²) in [6.07, 6.45) is 1.86. The highest BCUT2D eigenvalue weighted by Gasteiger charge is 2.25. The van der Waals surface area contributed by atoms with Crippen LogP contribution in [-0.4, -0.2) is 23.9 Å². The van der Waals surface area contributed by atoms with Crippen LogP contribution in [0.4, 0.5) is 10.1 Å². The number of rotatable bonds is 4. The lowest BCUT2D eigenvalue weighted by Gasteiger charge is -2.32. The molecular weight excluding hydrogens is 327 g/mol. The van der Waals surface area contributed by atoms with Crippen LogP contribution in [0, 0.1) is 11.7 Å². The molecule has 1 heterocycles. The van der Waals surface area contributed by atoms with Gasteiger partial charge in [0.05, 0.1) is 5.92 Å². The molecule has 3 nitrogen and oxygen atoms in total. The number of likely N-dealkylation sites (tertiary alicyclic amines) is 1. The van der Waals surface area contributed by atoms with Crippen molar-refractivity contribution in [3.05, 3.63) is 64.9 Å². The van der Waals surface area contributed by atoms with Gasteiger partial charge in [0.2, 0.25) is 5.91 Å². The number of nitrogens with zero attached hydrogens (tertiary/aromatic N) is 1. The summed E-state index contributed by atoms with van der Waals surface area (Å²) in [7, 11) is 0. The molecule has 2 aromatic carbocycles. The molecule has 1 fully saturated rings. The van der Waals surface area contributed by atoms with Gasteiger partial charge in [-0.3, -0.25) is 9.69 Å². The van der Waals surface area contributed by atoms with E-state index in [1.807, 2.05) is 24.3 Å². The van der Waals surface area contributed by atoms with Gasteiger partial charge >= 0.3 is 0 Å². The van der Waals surface area contributed by atoms with Crippen LogP contribution in [0.1, 0.15) is 18.4 Å². The van der Waals surface area contributed by atoms with Crippen molar-refractivity contribution in [3.63, 3.8) is 0 Å². The first-order chi connectivity index (χ1) is 11.6. The molecular formula is C19H20ClFN2O. The Kier molecular flexibility index (Phi) is 5.48. The summed E-state index contributed by atoms with van der Waals surface area (Å²) >= 11 is 6.03. The smallest absolute Gasteiger partial charge is 0.228 e. The Morgan fingerprint density at radius 3 is 2.79 bits per heavy atom. The van der Waals surface area contributed by atoms with Crippen LogP contribution in [0.2, 0.25) is 5.02 Å². The quantitative estimate of drug-likeness (QED) is 0.893. The van der Waals surface area contributed by atoms with E-state index in [2.05, 4.69) is 10.2 Å². The third kappa shape index (κ3) is 4.56. The third-order valence-corrected chi connectivity index (χ3v) is 4.52. The van der Waals surface area contributed by atoms with E-state index in [4.69, 9.17) is 11.6 Å². The van der Waals surface area contributed by atoms with E-state index in [0.717, 1.165) is 43.1 Å². The van der Waals surface area contributed by atoms with E-state index in [0.29, 0.717) is 5.69 Å². The van der Waals surface area contributed by atoms with Crippen LogP contribution in [0.25, 0.3) is 0 Å². The highest BCUT2D eigenvalue weighted by atomic mass is 35.5. The first kappa shape index (κ1) is 16.9. The van der Waals surface area contributed by atoms with Crippen LogP contribution in [-0.2, 0) is 11.3 Å². The third-order valence-electron chi connectivity index (χ3n) is 4.28. The molecule has 1 unspecified atom stereocenters. The molecule has 126 valence electrons. The van der Waals surface area contributed by atoms with Crippen LogP contribution in [0.15, 0.2) is 48.5 Å². The number of piperidine rings is 1. The van der Waals surface area contributed by atoms with Gasteiger partial charge in [-0.15, -0.1) is 0 Å². The summed E-state index contributed by atoms with van der Waals surface area (Å²) in [4.78, 5) is 14.7. The zero-order valence-electron chi connectivity index (χ0n) is 13.3. The lowest BCUT2D eigenvalue weighted by atomic mass is 9.96. The zero-order valence-corrected chi connectivity index (χ0v) is 14.1. The summed E-state index contributed by atoms with van der Waals surface area (Å²) in [5.74, 6) is -0.362. The molecule has 1 saturated heterocycles. The molecule has 1 atom stereocenters. The van der Waals surface area contributed by atoms with Crippen molar-refractivity contribution in [2.24, 2.45) is 5.92 Å². The molecule has 0 aliphatic carbocycles. The number of carbonyl (C=O) groups is 1. The van der Waals surface area contributed by atoms with Gasteiger partial charge in [0.1, 0.15) is 5.82 Å². The van der Waals surface area contributed by atoms with Gasteiger partial charge in [-0.05, 0) is 61.3 Å². The molecule has 1 aliphatic rings. The molecule has 2 aromatic rings. The van der Waals surface area contributed by atoms with Crippen molar-refractivity contribution in [2.75, 3.05) is 18.4 Å². The van der Waals surface area contributed by atoms with Crippen LogP contribution in [0.3, 0.4) is 0 Å². The molecule has 0 bridgehead atoms. The Morgan fingerprint density at radius 1 is 1.25 bits per heavy atom. The fourth-order valence-corrected chi connectivity index (χ4v) is 3.30. The van der Waals surface area contributed by atoms with E-state index >= 15 is 0 Å². The van der Waals surface area contributed by atoms with Gasteiger partial charge < -0.3 is 5.32 Å². The topological polar surface area (TPSA) is 32.3 Å². The summed E-state index contributed by atoms with van der Waals surface area (Å²) in [6, 6.07) is 13.7. The lowest BCUT2D eigenvalue weighted by Crippen LogP contribution is -2.40. The van der Waals surface area contributed by atoms with Crippen molar-refractivity contribution in [1.82, 2.24) is 4.90 Å². The standard InChI is InChI=1S/C19H20ClFN2O/c20-16-5-1-3-14(11-16)12-23-10-2-4-15(13-23)19(24)22-18-8-6-17(21)7-9-18/h1,3,5-9,11,15H,2,4,10,12-13H2,(H,22,24). The van der Waals surface area contributed by atoms with Crippen LogP contribution >= 0.6 is 11.6 Å². The number of benzene rings is 2. The molecule has 0 aromatic heterocycles. The lowest BCUT2D eigenvalue weighted by molar-refractivity contribution is -0.121. The van der Waals surface area contributed by atoms with E-state index in [9.17, 15) is 9.18 Å². The summed E-state index contributed by atoms with van der Waals surface area (Å²) in [5.41, 5.74) is 1.79. The van der Waals surface area contributed by atoms with E-state index in [-0.39, 0.29) is 17.6 Å². The maximum atomic E-state index is 12.9.